The van der Waals surface area contributed by atoms with Gasteiger partial charge in [0.05, 0.1) is 24.6 Å². The second kappa shape index (κ2) is 6.02. The summed E-state index contributed by atoms with van der Waals surface area (Å²) in [6.45, 7) is 3.80. The van der Waals surface area contributed by atoms with Gasteiger partial charge < -0.3 is 19.7 Å². The Morgan fingerprint density at radius 2 is 2.22 bits per heavy atom. The first kappa shape index (κ1) is 15.5. The van der Waals surface area contributed by atoms with Crippen molar-refractivity contribution < 1.29 is 19.2 Å². The van der Waals surface area contributed by atoms with Crippen LogP contribution >= 0.6 is 0 Å². The number of hydrogen-bond acceptors (Lipinski definition) is 5. The van der Waals surface area contributed by atoms with Crippen LogP contribution in [0, 0.1) is 13.8 Å². The van der Waals surface area contributed by atoms with Gasteiger partial charge in [-0.2, -0.15) is 0 Å². The van der Waals surface area contributed by atoms with Gasteiger partial charge in [-0.15, -0.1) is 0 Å². The normalized spacial score (nSPS) is 17.1. The Hall–Kier alpha value is -2.38. The van der Waals surface area contributed by atoms with Gasteiger partial charge in [-0.05, 0) is 31.5 Å². The maximum absolute atomic E-state index is 12.0. The predicted molar refractivity (Wildman–Crippen MR) is 84.0 cm³/mol. The van der Waals surface area contributed by atoms with Crippen molar-refractivity contribution in [2.75, 3.05) is 25.6 Å². The second-order valence-electron chi connectivity index (χ2n) is 5.49. The summed E-state index contributed by atoms with van der Waals surface area (Å²) >= 11 is 0. The minimum Gasteiger partial charge on any atom is -0.394 e. The van der Waals surface area contributed by atoms with Gasteiger partial charge in [0.25, 0.3) is 0 Å². The lowest BCUT2D eigenvalue weighted by Crippen LogP contribution is -2.41. The van der Waals surface area contributed by atoms with Crippen molar-refractivity contribution in [2.24, 2.45) is 0 Å². The number of nitrogens with zero attached hydrogens (tertiary/aromatic N) is 2. The molecule has 1 aromatic carbocycles. The summed E-state index contributed by atoms with van der Waals surface area (Å²) in [7, 11) is 1.66. The standard InChI is InChI=1S/C16H19N3O4/c1-9-14(10(2)23-18-9)11-4-5-13-12(8-11)15(22-7-6-20)19(3)16(21)17-13/h4-5,8,15,20H,6-7H2,1-3H3,(H,17,21)/t15-/m0/s1. The molecule has 1 aromatic heterocycles. The highest BCUT2D eigenvalue weighted by Crippen LogP contribution is 2.37. The maximum Gasteiger partial charge on any atom is 0.323 e. The highest BCUT2D eigenvalue weighted by molar-refractivity contribution is 5.93. The van der Waals surface area contributed by atoms with Crippen molar-refractivity contribution in [1.29, 1.82) is 0 Å². The SMILES string of the molecule is Cc1noc(C)c1-c1ccc2c(c1)[C@H](OCCO)N(C)C(=O)N2. The maximum atomic E-state index is 12.0. The van der Waals surface area contributed by atoms with E-state index >= 15 is 0 Å². The van der Waals surface area contributed by atoms with Crippen molar-refractivity contribution in [2.45, 2.75) is 20.1 Å². The summed E-state index contributed by atoms with van der Waals surface area (Å²) in [5.41, 5.74) is 4.23. The van der Waals surface area contributed by atoms with E-state index in [2.05, 4.69) is 10.5 Å². The molecule has 23 heavy (non-hydrogen) atoms. The monoisotopic (exact) mass is 317 g/mol. The largest absolute Gasteiger partial charge is 0.394 e. The molecule has 2 heterocycles. The summed E-state index contributed by atoms with van der Waals surface area (Å²) < 4.78 is 10.9. The number of fused-ring (bicyclic) bond motifs is 1. The predicted octanol–water partition coefficient (Wildman–Crippen LogP) is 2.44. The van der Waals surface area contributed by atoms with E-state index < -0.39 is 6.23 Å². The summed E-state index contributed by atoms with van der Waals surface area (Å²) in [5.74, 6) is 0.739. The van der Waals surface area contributed by atoms with Gasteiger partial charge in [-0.3, -0.25) is 4.90 Å². The van der Waals surface area contributed by atoms with Crippen LogP contribution in [0.1, 0.15) is 23.2 Å². The Morgan fingerprint density at radius 3 is 2.87 bits per heavy atom. The number of nitrogens with one attached hydrogen (secondary N) is 1. The third-order valence-corrected chi connectivity index (χ3v) is 3.92. The fourth-order valence-electron chi connectivity index (χ4n) is 2.82. The zero-order valence-corrected chi connectivity index (χ0v) is 13.3. The van der Waals surface area contributed by atoms with E-state index in [1.54, 1.807) is 7.05 Å². The highest BCUT2D eigenvalue weighted by Gasteiger charge is 2.31. The number of aryl methyl sites for hydroxylation is 2. The van der Waals surface area contributed by atoms with Crippen molar-refractivity contribution >= 4 is 11.7 Å². The molecule has 0 aliphatic carbocycles. The van der Waals surface area contributed by atoms with Crippen LogP contribution in [0.4, 0.5) is 10.5 Å². The third-order valence-electron chi connectivity index (χ3n) is 3.92. The third kappa shape index (κ3) is 2.69. The minimum absolute atomic E-state index is 0.106. The van der Waals surface area contributed by atoms with Gasteiger partial charge in [0.15, 0.2) is 6.23 Å². The zero-order valence-electron chi connectivity index (χ0n) is 13.3. The second-order valence-corrected chi connectivity index (χ2v) is 5.49. The molecule has 0 saturated heterocycles. The quantitative estimate of drug-likeness (QED) is 0.904. The highest BCUT2D eigenvalue weighted by atomic mass is 16.5. The molecule has 0 bridgehead atoms. The lowest BCUT2D eigenvalue weighted by molar-refractivity contribution is -0.0420. The Morgan fingerprint density at radius 1 is 1.43 bits per heavy atom. The first-order valence-corrected chi connectivity index (χ1v) is 7.36. The number of hydrogen-bond donors (Lipinski definition) is 2. The van der Waals surface area contributed by atoms with E-state index in [9.17, 15) is 4.79 Å². The fourth-order valence-corrected chi connectivity index (χ4v) is 2.82. The van der Waals surface area contributed by atoms with Crippen LogP contribution in [0.25, 0.3) is 11.1 Å². The number of ether oxygens (including phenoxy) is 1. The Bertz CT molecular complexity index is 721. The van der Waals surface area contributed by atoms with Crippen molar-refractivity contribution in [3.05, 3.63) is 35.2 Å². The van der Waals surface area contributed by atoms with Gasteiger partial charge in [-0.25, -0.2) is 4.79 Å². The first-order chi connectivity index (χ1) is 11.0. The fraction of sp³-hybridized carbons (Fsp3) is 0.375. The number of aliphatic hydroxyl groups excluding tert-OH is 1. The first-order valence-electron chi connectivity index (χ1n) is 7.36. The van der Waals surface area contributed by atoms with Gasteiger partial charge >= 0.3 is 6.03 Å². The van der Waals surface area contributed by atoms with Crippen molar-refractivity contribution in [1.82, 2.24) is 10.1 Å². The lowest BCUT2D eigenvalue weighted by atomic mass is 9.98. The Kier molecular flexibility index (Phi) is 4.06. The number of aromatic nitrogens is 1. The number of aliphatic hydroxyl groups is 1. The Balaban J connectivity index is 2.06. The molecule has 0 fully saturated rings. The molecule has 3 rings (SSSR count). The van der Waals surface area contributed by atoms with Gasteiger partial charge in [0, 0.05) is 18.2 Å². The number of benzene rings is 1. The van der Waals surface area contributed by atoms with Crippen molar-refractivity contribution in [3.8, 4) is 11.1 Å². The molecule has 1 aliphatic heterocycles. The Labute approximate surface area is 133 Å². The molecule has 0 unspecified atom stereocenters. The van der Waals surface area contributed by atoms with Crippen LogP contribution in [0.2, 0.25) is 0 Å². The van der Waals surface area contributed by atoms with E-state index in [1.165, 1.54) is 4.90 Å². The minimum atomic E-state index is -0.550. The topological polar surface area (TPSA) is 87.8 Å². The number of carbonyl (C=O) groups is 1. The lowest BCUT2D eigenvalue weighted by Gasteiger charge is -2.34. The zero-order chi connectivity index (χ0) is 16.6. The number of amides is 2. The van der Waals surface area contributed by atoms with Crippen molar-refractivity contribution in [3.63, 3.8) is 0 Å². The average Bonchev–Trinajstić information content (AvgIpc) is 2.87. The number of rotatable bonds is 4. The summed E-state index contributed by atoms with van der Waals surface area (Å²) in [6.07, 6.45) is -0.550. The molecule has 2 aromatic rings. The van der Waals surface area contributed by atoms with Gasteiger partial charge in [0.2, 0.25) is 0 Å². The molecular weight excluding hydrogens is 298 g/mol. The van der Waals surface area contributed by atoms with Gasteiger partial charge in [0.1, 0.15) is 5.76 Å². The summed E-state index contributed by atoms with van der Waals surface area (Å²) in [4.78, 5) is 13.5. The van der Waals surface area contributed by atoms with Crippen LogP contribution in [0.5, 0.6) is 0 Å². The molecule has 2 amide bonds. The van der Waals surface area contributed by atoms with E-state index in [-0.39, 0.29) is 19.2 Å². The van der Waals surface area contributed by atoms with E-state index in [4.69, 9.17) is 14.4 Å². The number of urea groups is 1. The molecule has 7 nitrogen and oxygen atoms in total. The van der Waals surface area contributed by atoms with Crippen LogP contribution < -0.4 is 5.32 Å². The van der Waals surface area contributed by atoms with Crippen LogP contribution in [0.15, 0.2) is 22.7 Å². The van der Waals surface area contributed by atoms with Crippen LogP contribution in [-0.4, -0.2) is 41.5 Å². The molecule has 0 saturated carbocycles. The molecule has 0 radical (unpaired) electrons. The van der Waals surface area contributed by atoms with E-state index in [0.717, 1.165) is 28.1 Å². The van der Waals surface area contributed by atoms with Crippen LogP contribution in [0.3, 0.4) is 0 Å². The average molecular weight is 317 g/mol. The smallest absolute Gasteiger partial charge is 0.323 e. The summed E-state index contributed by atoms with van der Waals surface area (Å²) in [5, 5.41) is 15.8. The molecule has 1 atom stereocenters. The van der Waals surface area contributed by atoms with Crippen LogP contribution in [-0.2, 0) is 4.74 Å². The molecule has 1 aliphatic rings. The molecule has 7 heteroatoms. The van der Waals surface area contributed by atoms with E-state index in [1.807, 2.05) is 32.0 Å². The molecule has 122 valence electrons. The molecule has 2 N–H and O–H groups in total. The molecule has 0 spiro atoms. The summed E-state index contributed by atoms with van der Waals surface area (Å²) in [6, 6.07) is 5.47. The van der Waals surface area contributed by atoms with Gasteiger partial charge in [-0.1, -0.05) is 11.2 Å². The van der Waals surface area contributed by atoms with E-state index in [0.29, 0.717) is 5.69 Å². The number of carbonyl (C=O) groups excluding carboxylic acids is 1. The molecular formula is C16H19N3O4. The number of anilines is 1.